The predicted octanol–water partition coefficient (Wildman–Crippen LogP) is 2.59. The summed E-state index contributed by atoms with van der Waals surface area (Å²) in [5.74, 6) is -0.982. The number of benzene rings is 1. The molecule has 1 saturated heterocycles. The summed E-state index contributed by atoms with van der Waals surface area (Å²) in [5.41, 5.74) is 0. The number of ether oxygens (including phenoxy) is 1. The number of rotatable bonds is 4. The van der Waals surface area contributed by atoms with Crippen molar-refractivity contribution in [3.05, 3.63) is 41.4 Å². The zero-order chi connectivity index (χ0) is 16.4. The Balaban J connectivity index is 1.56. The van der Waals surface area contributed by atoms with Crippen LogP contribution >= 0.6 is 11.6 Å². The van der Waals surface area contributed by atoms with E-state index in [1.54, 1.807) is 24.3 Å². The molecule has 3 rings (SSSR count). The summed E-state index contributed by atoms with van der Waals surface area (Å²) in [4.78, 5) is 37.6. The fraction of sp³-hybridized carbons (Fsp3) is 0.353. The summed E-state index contributed by atoms with van der Waals surface area (Å²) in [6.07, 6.45) is 5.05. The fourth-order valence-corrected chi connectivity index (χ4v) is 3.10. The van der Waals surface area contributed by atoms with Gasteiger partial charge in [0, 0.05) is 11.6 Å². The minimum Gasteiger partial charge on any atom is -0.426 e. The molecule has 1 aliphatic carbocycles. The van der Waals surface area contributed by atoms with E-state index in [9.17, 15) is 14.4 Å². The molecule has 0 radical (unpaired) electrons. The van der Waals surface area contributed by atoms with Crippen molar-refractivity contribution < 1.29 is 19.1 Å². The molecule has 1 aromatic carbocycles. The molecule has 0 aromatic heterocycles. The van der Waals surface area contributed by atoms with E-state index in [0.29, 0.717) is 23.6 Å². The summed E-state index contributed by atoms with van der Waals surface area (Å²) >= 11 is 5.76. The molecule has 5 nitrogen and oxygen atoms in total. The minimum absolute atomic E-state index is 0.0209. The summed E-state index contributed by atoms with van der Waals surface area (Å²) in [6.45, 7) is 0.0666. The molecule has 2 amide bonds. The van der Waals surface area contributed by atoms with Gasteiger partial charge in [-0.2, -0.15) is 0 Å². The molecule has 6 heteroatoms. The third-order valence-corrected chi connectivity index (χ3v) is 4.44. The quantitative estimate of drug-likeness (QED) is 0.368. The van der Waals surface area contributed by atoms with Gasteiger partial charge in [-0.15, -0.1) is 0 Å². The maximum absolute atomic E-state index is 12.3. The molecular weight excluding hydrogens is 318 g/mol. The number of esters is 1. The number of halogens is 1. The van der Waals surface area contributed by atoms with Crippen LogP contribution in [0.2, 0.25) is 5.02 Å². The van der Waals surface area contributed by atoms with Crippen molar-refractivity contribution >= 4 is 29.4 Å². The molecule has 1 aliphatic heterocycles. The highest BCUT2D eigenvalue weighted by molar-refractivity contribution is 6.30. The fourth-order valence-electron chi connectivity index (χ4n) is 2.98. The second-order valence-corrected chi connectivity index (χ2v) is 6.10. The molecule has 120 valence electrons. The Labute approximate surface area is 138 Å². The summed E-state index contributed by atoms with van der Waals surface area (Å²) < 4.78 is 5.16. The summed E-state index contributed by atoms with van der Waals surface area (Å²) in [5, 5.41) is 0.550. The lowest BCUT2D eigenvalue weighted by Gasteiger charge is -2.14. The van der Waals surface area contributed by atoms with Gasteiger partial charge in [-0.3, -0.25) is 19.3 Å². The van der Waals surface area contributed by atoms with Gasteiger partial charge in [-0.25, -0.2) is 0 Å². The maximum atomic E-state index is 12.3. The van der Waals surface area contributed by atoms with E-state index in [4.69, 9.17) is 16.3 Å². The standard InChI is InChI=1S/C17H16ClNO4/c18-11-5-7-12(8-6-11)23-15(20)9-10-19-16(21)13-3-1-2-4-14(13)17(19)22/h1-2,5-8,13-14H,3-4,9-10H2/t13-,14-/m1/s1. The van der Waals surface area contributed by atoms with Gasteiger partial charge in [0.1, 0.15) is 5.75 Å². The third kappa shape index (κ3) is 3.29. The van der Waals surface area contributed by atoms with Crippen molar-refractivity contribution in [1.29, 1.82) is 0 Å². The Bertz CT molecular complexity index is 642. The van der Waals surface area contributed by atoms with E-state index in [0.717, 1.165) is 0 Å². The van der Waals surface area contributed by atoms with Crippen LogP contribution in [-0.2, 0) is 14.4 Å². The second-order valence-electron chi connectivity index (χ2n) is 5.66. The normalized spacial score (nSPS) is 23.1. The predicted molar refractivity (Wildman–Crippen MR) is 83.8 cm³/mol. The van der Waals surface area contributed by atoms with Gasteiger partial charge in [-0.1, -0.05) is 23.8 Å². The van der Waals surface area contributed by atoms with E-state index in [-0.39, 0.29) is 36.6 Å². The Hall–Kier alpha value is -2.14. The van der Waals surface area contributed by atoms with Crippen LogP contribution < -0.4 is 4.74 Å². The summed E-state index contributed by atoms with van der Waals surface area (Å²) in [6, 6.07) is 6.42. The van der Waals surface area contributed by atoms with Crippen LogP contribution in [-0.4, -0.2) is 29.2 Å². The summed E-state index contributed by atoms with van der Waals surface area (Å²) in [7, 11) is 0. The largest absolute Gasteiger partial charge is 0.426 e. The van der Waals surface area contributed by atoms with E-state index in [1.807, 2.05) is 12.2 Å². The molecule has 0 bridgehead atoms. The van der Waals surface area contributed by atoms with Crippen molar-refractivity contribution in [2.24, 2.45) is 11.8 Å². The van der Waals surface area contributed by atoms with Gasteiger partial charge < -0.3 is 4.74 Å². The first kappa shape index (κ1) is 15.7. The lowest BCUT2D eigenvalue weighted by atomic mass is 9.85. The van der Waals surface area contributed by atoms with Crippen LogP contribution in [0.25, 0.3) is 0 Å². The number of hydrogen-bond acceptors (Lipinski definition) is 4. The average molecular weight is 334 g/mol. The number of carbonyl (C=O) groups is 3. The van der Waals surface area contributed by atoms with Gasteiger partial charge in [-0.05, 0) is 37.1 Å². The highest BCUT2D eigenvalue weighted by Gasteiger charge is 2.46. The number of amides is 2. The molecule has 1 aromatic rings. The highest BCUT2D eigenvalue weighted by Crippen LogP contribution is 2.35. The van der Waals surface area contributed by atoms with E-state index in [2.05, 4.69) is 0 Å². The molecule has 0 unspecified atom stereocenters. The molecule has 0 saturated carbocycles. The zero-order valence-corrected chi connectivity index (χ0v) is 13.2. The first-order chi connectivity index (χ1) is 11.1. The highest BCUT2D eigenvalue weighted by atomic mass is 35.5. The topological polar surface area (TPSA) is 63.7 Å². The second kappa shape index (κ2) is 6.54. The van der Waals surface area contributed by atoms with Gasteiger partial charge in [0.25, 0.3) is 0 Å². The Morgan fingerprint density at radius 2 is 1.65 bits per heavy atom. The van der Waals surface area contributed by atoms with Gasteiger partial charge in [0.05, 0.1) is 18.3 Å². The van der Waals surface area contributed by atoms with Crippen LogP contribution in [0.1, 0.15) is 19.3 Å². The molecule has 1 heterocycles. The van der Waals surface area contributed by atoms with Crippen LogP contribution in [0.4, 0.5) is 0 Å². The Kier molecular flexibility index (Phi) is 4.48. The average Bonchev–Trinajstić information content (AvgIpc) is 2.80. The number of nitrogens with zero attached hydrogens (tertiary/aromatic N) is 1. The Morgan fingerprint density at radius 3 is 2.22 bits per heavy atom. The molecule has 1 fully saturated rings. The van der Waals surface area contributed by atoms with Crippen molar-refractivity contribution in [2.75, 3.05) is 6.54 Å². The Morgan fingerprint density at radius 1 is 1.09 bits per heavy atom. The monoisotopic (exact) mass is 333 g/mol. The smallest absolute Gasteiger partial charge is 0.312 e. The van der Waals surface area contributed by atoms with E-state index >= 15 is 0 Å². The van der Waals surface area contributed by atoms with Gasteiger partial charge in [0.2, 0.25) is 11.8 Å². The van der Waals surface area contributed by atoms with Crippen LogP contribution in [0.15, 0.2) is 36.4 Å². The zero-order valence-electron chi connectivity index (χ0n) is 12.4. The van der Waals surface area contributed by atoms with E-state index in [1.165, 1.54) is 4.90 Å². The number of allylic oxidation sites excluding steroid dienone is 2. The van der Waals surface area contributed by atoms with Crippen LogP contribution in [0.5, 0.6) is 5.75 Å². The first-order valence-electron chi connectivity index (χ1n) is 7.52. The number of carbonyl (C=O) groups excluding carboxylic acids is 3. The maximum Gasteiger partial charge on any atom is 0.312 e. The van der Waals surface area contributed by atoms with Crippen molar-refractivity contribution in [3.8, 4) is 5.75 Å². The van der Waals surface area contributed by atoms with Crippen molar-refractivity contribution in [1.82, 2.24) is 4.90 Å². The number of hydrogen-bond donors (Lipinski definition) is 0. The van der Waals surface area contributed by atoms with Crippen LogP contribution in [0.3, 0.4) is 0 Å². The number of imide groups is 1. The van der Waals surface area contributed by atoms with Gasteiger partial charge >= 0.3 is 5.97 Å². The molecule has 0 N–H and O–H groups in total. The van der Waals surface area contributed by atoms with Gasteiger partial charge in [0.15, 0.2) is 0 Å². The minimum atomic E-state index is -0.485. The lowest BCUT2D eigenvalue weighted by Crippen LogP contribution is -2.33. The van der Waals surface area contributed by atoms with Crippen LogP contribution in [0, 0.1) is 11.8 Å². The molecule has 2 aliphatic rings. The number of likely N-dealkylation sites (tertiary alicyclic amines) is 1. The lowest BCUT2D eigenvalue weighted by molar-refractivity contribution is -0.141. The number of fused-ring (bicyclic) bond motifs is 1. The molecular formula is C17H16ClNO4. The molecule has 23 heavy (non-hydrogen) atoms. The molecule has 0 spiro atoms. The SMILES string of the molecule is O=C(CCN1C(=O)[C@@H]2CC=CC[C@H]2C1=O)Oc1ccc(Cl)cc1. The first-order valence-corrected chi connectivity index (χ1v) is 7.90. The van der Waals surface area contributed by atoms with Crippen molar-refractivity contribution in [2.45, 2.75) is 19.3 Å². The van der Waals surface area contributed by atoms with E-state index < -0.39 is 5.97 Å². The molecule has 2 atom stereocenters. The third-order valence-electron chi connectivity index (χ3n) is 4.18. The van der Waals surface area contributed by atoms with Crippen molar-refractivity contribution in [3.63, 3.8) is 0 Å².